The number of nitro benzene ring substituents is 1. The molecule has 1 unspecified atom stereocenters. The van der Waals surface area contributed by atoms with Crippen molar-refractivity contribution in [3.8, 4) is 5.75 Å². The molecule has 0 bridgehead atoms. The number of nitrogens with zero attached hydrogens (tertiary/aromatic N) is 2. The third-order valence-corrected chi connectivity index (χ3v) is 6.01. The fourth-order valence-corrected chi connectivity index (χ4v) is 4.74. The Bertz CT molecular complexity index is 681. The Morgan fingerprint density at radius 2 is 2.12 bits per heavy atom. The maximum atomic E-state index is 13.0. The summed E-state index contributed by atoms with van der Waals surface area (Å²) in [7, 11) is -2.49. The number of methoxy groups -OCH3 is 1. The fourth-order valence-electron chi connectivity index (χ4n) is 2.88. The third-order valence-electron chi connectivity index (χ3n) is 4.02. The van der Waals surface area contributed by atoms with Crippen LogP contribution in [0.15, 0.2) is 23.1 Å². The summed E-state index contributed by atoms with van der Waals surface area (Å²) in [5.74, 6) is -0.0173. The van der Waals surface area contributed by atoms with Crippen LogP contribution < -0.4 is 10.5 Å². The summed E-state index contributed by atoms with van der Waals surface area (Å²) in [4.78, 5) is 10.2. The van der Waals surface area contributed by atoms with Crippen molar-refractivity contribution in [1.29, 1.82) is 0 Å². The molecule has 10 heteroatoms. The van der Waals surface area contributed by atoms with Crippen molar-refractivity contribution in [3.05, 3.63) is 28.3 Å². The highest BCUT2D eigenvalue weighted by molar-refractivity contribution is 7.89. The molecule has 0 radical (unpaired) electrons. The standard InChI is InChI=1S/C14H21N3O5S.ClH/c1-22-13-10-12(17(18)19)5-6-14(13)23(20,21)16-9-3-2-4-11(16)7-8-15;/h5-6,10-11H,2-4,7-9,15H2,1H3;1H. The molecule has 8 nitrogen and oxygen atoms in total. The number of benzene rings is 1. The molecule has 2 N–H and O–H groups in total. The number of sulfonamides is 1. The van der Waals surface area contributed by atoms with Gasteiger partial charge in [0, 0.05) is 18.7 Å². The zero-order valence-corrected chi connectivity index (χ0v) is 15.0. The van der Waals surface area contributed by atoms with E-state index >= 15 is 0 Å². The molecule has 0 saturated carbocycles. The van der Waals surface area contributed by atoms with Gasteiger partial charge in [0.25, 0.3) is 5.69 Å². The van der Waals surface area contributed by atoms with E-state index in [1.165, 1.54) is 23.5 Å². The van der Waals surface area contributed by atoms with Crippen molar-refractivity contribution in [2.45, 2.75) is 36.6 Å². The lowest BCUT2D eigenvalue weighted by Crippen LogP contribution is -2.44. The Morgan fingerprint density at radius 1 is 1.42 bits per heavy atom. The number of piperidine rings is 1. The van der Waals surface area contributed by atoms with Crippen LogP contribution in [-0.4, -0.2) is 43.9 Å². The largest absolute Gasteiger partial charge is 0.495 e. The summed E-state index contributed by atoms with van der Waals surface area (Å²) in [6.07, 6.45) is 3.12. The summed E-state index contributed by atoms with van der Waals surface area (Å²) >= 11 is 0. The van der Waals surface area contributed by atoms with Crippen molar-refractivity contribution < 1.29 is 18.1 Å². The maximum Gasteiger partial charge on any atom is 0.273 e. The molecule has 136 valence electrons. The van der Waals surface area contributed by atoms with Crippen LogP contribution in [0.3, 0.4) is 0 Å². The molecule has 2 rings (SSSR count). The van der Waals surface area contributed by atoms with Gasteiger partial charge in [-0.25, -0.2) is 8.42 Å². The maximum absolute atomic E-state index is 13.0. The van der Waals surface area contributed by atoms with Gasteiger partial charge < -0.3 is 10.5 Å². The van der Waals surface area contributed by atoms with Crippen LogP contribution in [-0.2, 0) is 10.0 Å². The number of nitrogens with two attached hydrogens (primary N) is 1. The van der Waals surface area contributed by atoms with Crippen LogP contribution in [0.25, 0.3) is 0 Å². The zero-order valence-electron chi connectivity index (χ0n) is 13.4. The quantitative estimate of drug-likeness (QED) is 0.596. The number of rotatable bonds is 6. The lowest BCUT2D eigenvalue weighted by Gasteiger charge is -2.34. The molecule has 1 aromatic carbocycles. The molecular formula is C14H22ClN3O5S. The average Bonchev–Trinajstić information content (AvgIpc) is 2.54. The Morgan fingerprint density at radius 3 is 2.71 bits per heavy atom. The molecule has 1 saturated heterocycles. The van der Waals surface area contributed by atoms with E-state index in [4.69, 9.17) is 10.5 Å². The smallest absolute Gasteiger partial charge is 0.273 e. The molecule has 1 aliphatic rings. The van der Waals surface area contributed by atoms with Crippen molar-refractivity contribution in [1.82, 2.24) is 4.31 Å². The SMILES string of the molecule is COc1cc([N+](=O)[O-])ccc1S(=O)(=O)N1CCCCC1CCN.Cl. The molecule has 0 spiro atoms. The van der Waals surface area contributed by atoms with Gasteiger partial charge in [-0.15, -0.1) is 12.4 Å². The Hall–Kier alpha value is -1.42. The van der Waals surface area contributed by atoms with Crippen molar-refractivity contribution in [2.75, 3.05) is 20.2 Å². The second-order valence-electron chi connectivity index (χ2n) is 5.43. The van der Waals surface area contributed by atoms with E-state index in [1.807, 2.05) is 0 Å². The van der Waals surface area contributed by atoms with Crippen molar-refractivity contribution in [2.24, 2.45) is 5.73 Å². The van der Waals surface area contributed by atoms with Crippen LogP contribution in [0.1, 0.15) is 25.7 Å². The van der Waals surface area contributed by atoms with E-state index in [0.29, 0.717) is 19.5 Å². The van der Waals surface area contributed by atoms with Crippen LogP contribution in [0.5, 0.6) is 5.75 Å². The zero-order chi connectivity index (χ0) is 17.0. The monoisotopic (exact) mass is 379 g/mol. The molecule has 0 amide bonds. The van der Waals surface area contributed by atoms with E-state index in [-0.39, 0.29) is 34.8 Å². The van der Waals surface area contributed by atoms with Gasteiger partial charge in [0.05, 0.1) is 18.1 Å². The van der Waals surface area contributed by atoms with Crippen molar-refractivity contribution >= 4 is 28.1 Å². The van der Waals surface area contributed by atoms with Gasteiger partial charge in [-0.05, 0) is 31.9 Å². The van der Waals surface area contributed by atoms with E-state index in [1.54, 1.807) is 0 Å². The van der Waals surface area contributed by atoms with Gasteiger partial charge in [0.2, 0.25) is 10.0 Å². The summed E-state index contributed by atoms with van der Waals surface area (Å²) < 4.78 is 32.5. The first-order valence-electron chi connectivity index (χ1n) is 7.46. The fraction of sp³-hybridized carbons (Fsp3) is 0.571. The van der Waals surface area contributed by atoms with E-state index < -0.39 is 14.9 Å². The Balaban J connectivity index is 0.00000288. The minimum absolute atomic E-state index is 0. The van der Waals surface area contributed by atoms with E-state index in [0.717, 1.165) is 25.3 Å². The first kappa shape index (κ1) is 20.6. The van der Waals surface area contributed by atoms with E-state index in [9.17, 15) is 18.5 Å². The highest BCUT2D eigenvalue weighted by atomic mass is 35.5. The summed E-state index contributed by atoms with van der Waals surface area (Å²) in [5, 5.41) is 10.8. The summed E-state index contributed by atoms with van der Waals surface area (Å²) in [6, 6.07) is 3.41. The Kier molecular flexibility index (Phi) is 7.40. The number of halogens is 1. The van der Waals surface area contributed by atoms with Crippen LogP contribution in [0.2, 0.25) is 0 Å². The predicted octanol–water partition coefficient (Wildman–Crippen LogP) is 1.92. The van der Waals surface area contributed by atoms with Gasteiger partial charge in [0.15, 0.2) is 0 Å². The Labute approximate surface area is 147 Å². The predicted molar refractivity (Wildman–Crippen MR) is 92.1 cm³/mol. The van der Waals surface area contributed by atoms with Crippen LogP contribution >= 0.6 is 12.4 Å². The molecule has 1 aliphatic heterocycles. The number of ether oxygens (including phenoxy) is 1. The lowest BCUT2D eigenvalue weighted by molar-refractivity contribution is -0.385. The molecule has 1 heterocycles. The second kappa shape index (κ2) is 8.61. The molecule has 1 fully saturated rings. The average molecular weight is 380 g/mol. The van der Waals surface area contributed by atoms with Crippen LogP contribution in [0, 0.1) is 10.1 Å². The topological polar surface area (TPSA) is 116 Å². The molecule has 0 aliphatic carbocycles. The third kappa shape index (κ3) is 4.15. The number of nitro groups is 1. The molecule has 24 heavy (non-hydrogen) atoms. The molecule has 1 aromatic rings. The van der Waals surface area contributed by atoms with Crippen LogP contribution in [0.4, 0.5) is 5.69 Å². The van der Waals surface area contributed by atoms with Crippen molar-refractivity contribution in [3.63, 3.8) is 0 Å². The number of hydrogen-bond donors (Lipinski definition) is 1. The lowest BCUT2D eigenvalue weighted by atomic mass is 10.0. The first-order valence-corrected chi connectivity index (χ1v) is 8.90. The number of non-ortho nitro benzene ring substituents is 1. The number of hydrogen-bond acceptors (Lipinski definition) is 6. The minimum atomic E-state index is -3.79. The molecule has 0 aromatic heterocycles. The normalized spacial score (nSPS) is 18.7. The minimum Gasteiger partial charge on any atom is -0.495 e. The van der Waals surface area contributed by atoms with Gasteiger partial charge in [0.1, 0.15) is 10.6 Å². The second-order valence-corrected chi connectivity index (χ2v) is 7.29. The van der Waals surface area contributed by atoms with Gasteiger partial charge in [-0.3, -0.25) is 10.1 Å². The van der Waals surface area contributed by atoms with E-state index in [2.05, 4.69) is 0 Å². The summed E-state index contributed by atoms with van der Waals surface area (Å²) in [5.41, 5.74) is 5.38. The van der Waals surface area contributed by atoms with Gasteiger partial charge in [-0.2, -0.15) is 4.31 Å². The molecule has 1 atom stereocenters. The van der Waals surface area contributed by atoms with Gasteiger partial charge in [-0.1, -0.05) is 6.42 Å². The van der Waals surface area contributed by atoms with Gasteiger partial charge >= 0.3 is 0 Å². The highest BCUT2D eigenvalue weighted by Crippen LogP contribution is 2.33. The highest BCUT2D eigenvalue weighted by Gasteiger charge is 2.35. The first-order chi connectivity index (χ1) is 10.9. The molecular weight excluding hydrogens is 358 g/mol. The summed E-state index contributed by atoms with van der Waals surface area (Å²) in [6.45, 7) is 0.835.